The van der Waals surface area contributed by atoms with Crippen LogP contribution in [0.25, 0.3) is 0 Å². The Morgan fingerprint density at radius 2 is 1.70 bits per heavy atom. The van der Waals surface area contributed by atoms with Crippen molar-refractivity contribution in [2.75, 3.05) is 12.4 Å². The number of nitrogens with zero attached hydrogens (tertiary/aromatic N) is 1. The molecule has 0 amide bonds. The number of methoxy groups -OCH3 is 1. The largest absolute Gasteiger partial charge is 0.497 e. The Morgan fingerprint density at radius 3 is 2.37 bits per heavy atom. The lowest BCUT2D eigenvalue weighted by Gasteiger charge is -2.27. The number of hydrogen-bond donors (Lipinski definition) is 1. The van der Waals surface area contributed by atoms with E-state index in [1.807, 2.05) is 30.3 Å². The third kappa shape index (κ3) is 5.57. The number of aryl methyl sites for hydroxylation is 2. The molecule has 0 saturated carbocycles. The van der Waals surface area contributed by atoms with Gasteiger partial charge in [0.25, 0.3) is 0 Å². The number of hydrogen-bond acceptors (Lipinski definition) is 2. The second kappa shape index (κ2) is 10.2. The summed E-state index contributed by atoms with van der Waals surface area (Å²) in [5, 5.41) is 4.06. The Hall–Kier alpha value is -2.92. The highest BCUT2D eigenvalue weighted by Gasteiger charge is 2.15. The molecule has 0 spiro atoms. The summed E-state index contributed by atoms with van der Waals surface area (Å²) in [6.45, 7) is 5.30. The molecule has 1 N–H and O–H groups in total. The molecule has 0 bridgehead atoms. The van der Waals surface area contributed by atoms with Crippen LogP contribution in [-0.4, -0.2) is 17.1 Å². The lowest BCUT2D eigenvalue weighted by atomic mass is 10.1. The van der Waals surface area contributed by atoms with Crippen LogP contribution in [-0.2, 0) is 19.5 Å². The molecule has 3 aromatic carbocycles. The summed E-state index contributed by atoms with van der Waals surface area (Å²) < 4.78 is 19.0. The van der Waals surface area contributed by atoms with Crippen molar-refractivity contribution < 1.29 is 9.13 Å². The molecule has 0 saturated heterocycles. The summed E-state index contributed by atoms with van der Waals surface area (Å²) in [5.74, 6) is 0.562. The maximum atomic E-state index is 13.7. The second-order valence-electron chi connectivity index (χ2n) is 7.23. The van der Waals surface area contributed by atoms with Gasteiger partial charge in [-0.05, 0) is 72.1 Å². The van der Waals surface area contributed by atoms with E-state index in [-0.39, 0.29) is 5.82 Å². The smallest absolute Gasteiger partial charge is 0.174 e. The van der Waals surface area contributed by atoms with Crippen LogP contribution in [0.2, 0.25) is 0 Å². The summed E-state index contributed by atoms with van der Waals surface area (Å²) in [6.07, 6.45) is 0.912. The normalized spacial score (nSPS) is 10.5. The fourth-order valence-corrected chi connectivity index (χ4v) is 3.63. The molecule has 5 heteroatoms. The monoisotopic (exact) mass is 422 g/mol. The SMILES string of the molecule is CCc1cccc(C)c1NC(=S)N(Cc1ccc(OC)cc1)Cc1cccc(F)c1. The lowest BCUT2D eigenvalue weighted by molar-refractivity contribution is 0.406. The Morgan fingerprint density at radius 1 is 1.00 bits per heavy atom. The molecule has 0 fully saturated rings. The molecular weight excluding hydrogens is 395 g/mol. The van der Waals surface area contributed by atoms with Crippen molar-refractivity contribution in [3.63, 3.8) is 0 Å². The van der Waals surface area contributed by atoms with Crippen LogP contribution in [0.1, 0.15) is 29.2 Å². The van der Waals surface area contributed by atoms with Crippen molar-refractivity contribution in [3.8, 4) is 5.75 Å². The molecule has 3 rings (SSSR count). The first kappa shape index (κ1) is 21.8. The molecular formula is C25H27FN2OS. The van der Waals surface area contributed by atoms with Crippen LogP contribution in [0.4, 0.5) is 10.1 Å². The van der Waals surface area contributed by atoms with E-state index in [0.717, 1.165) is 34.5 Å². The molecule has 0 radical (unpaired) electrons. The Kier molecular flexibility index (Phi) is 7.41. The lowest BCUT2D eigenvalue weighted by Crippen LogP contribution is -2.34. The fraction of sp³-hybridized carbons (Fsp3) is 0.240. The number of para-hydroxylation sites is 1. The van der Waals surface area contributed by atoms with Crippen LogP contribution in [0.5, 0.6) is 5.75 Å². The number of anilines is 1. The number of rotatable bonds is 7. The van der Waals surface area contributed by atoms with E-state index in [1.165, 1.54) is 11.6 Å². The predicted octanol–water partition coefficient (Wildman–Crippen LogP) is 6.10. The van der Waals surface area contributed by atoms with Crippen LogP contribution in [0.15, 0.2) is 66.7 Å². The van der Waals surface area contributed by atoms with Crippen molar-refractivity contribution in [2.45, 2.75) is 33.4 Å². The standard InChI is InChI=1S/C25H27FN2OS/c1-4-21-9-5-7-18(2)24(21)27-25(30)28(17-20-8-6-10-22(26)15-20)16-19-11-13-23(29-3)14-12-19/h5-15H,4,16-17H2,1-3H3,(H,27,30). The maximum Gasteiger partial charge on any atom is 0.174 e. The quantitative estimate of drug-likeness (QED) is 0.465. The molecule has 30 heavy (non-hydrogen) atoms. The van der Waals surface area contributed by atoms with Crippen molar-refractivity contribution >= 4 is 23.0 Å². The van der Waals surface area contributed by atoms with Gasteiger partial charge in [-0.1, -0.05) is 49.4 Å². The summed E-state index contributed by atoms with van der Waals surface area (Å²) in [7, 11) is 1.65. The highest BCUT2D eigenvalue weighted by Crippen LogP contribution is 2.23. The average Bonchev–Trinajstić information content (AvgIpc) is 2.75. The van der Waals surface area contributed by atoms with Crippen LogP contribution in [0, 0.1) is 12.7 Å². The molecule has 0 heterocycles. The molecule has 156 valence electrons. The maximum absolute atomic E-state index is 13.7. The number of nitrogens with one attached hydrogen (secondary N) is 1. The van der Waals surface area contributed by atoms with Gasteiger partial charge in [0, 0.05) is 18.8 Å². The third-order valence-corrected chi connectivity index (χ3v) is 5.41. The zero-order valence-electron chi connectivity index (χ0n) is 17.6. The van der Waals surface area contributed by atoms with Crippen LogP contribution >= 0.6 is 12.2 Å². The fourth-order valence-electron chi connectivity index (χ4n) is 3.39. The summed E-state index contributed by atoms with van der Waals surface area (Å²) >= 11 is 5.80. The first-order valence-corrected chi connectivity index (χ1v) is 10.4. The minimum Gasteiger partial charge on any atom is -0.497 e. The van der Waals surface area contributed by atoms with E-state index < -0.39 is 0 Å². The third-order valence-electron chi connectivity index (χ3n) is 5.05. The summed E-state index contributed by atoms with van der Waals surface area (Å²) in [6, 6.07) is 20.8. The van der Waals surface area contributed by atoms with Gasteiger partial charge >= 0.3 is 0 Å². The molecule has 0 atom stereocenters. The zero-order valence-corrected chi connectivity index (χ0v) is 18.4. The van der Waals surface area contributed by atoms with Crippen molar-refractivity contribution in [2.24, 2.45) is 0 Å². The van der Waals surface area contributed by atoms with Gasteiger partial charge in [0.1, 0.15) is 11.6 Å². The molecule has 0 unspecified atom stereocenters. The van der Waals surface area contributed by atoms with E-state index in [0.29, 0.717) is 18.2 Å². The van der Waals surface area contributed by atoms with Gasteiger partial charge in [-0.25, -0.2) is 4.39 Å². The van der Waals surface area contributed by atoms with Crippen LogP contribution in [0.3, 0.4) is 0 Å². The molecule has 3 aromatic rings. The van der Waals surface area contributed by atoms with Crippen molar-refractivity contribution in [1.82, 2.24) is 4.90 Å². The van der Waals surface area contributed by atoms with Gasteiger partial charge in [-0.3, -0.25) is 0 Å². The molecule has 0 aromatic heterocycles. The van der Waals surface area contributed by atoms with Crippen LogP contribution < -0.4 is 10.1 Å². The van der Waals surface area contributed by atoms with Gasteiger partial charge in [0.2, 0.25) is 0 Å². The zero-order chi connectivity index (χ0) is 21.5. The Labute approximate surface area is 183 Å². The molecule has 0 aliphatic carbocycles. The number of benzene rings is 3. The van der Waals surface area contributed by atoms with Crippen molar-refractivity contribution in [3.05, 3.63) is 94.8 Å². The minimum atomic E-state index is -0.247. The summed E-state index contributed by atoms with van der Waals surface area (Å²) in [5.41, 5.74) is 5.37. The van der Waals surface area contributed by atoms with Gasteiger partial charge in [-0.15, -0.1) is 0 Å². The predicted molar refractivity (Wildman–Crippen MR) is 125 cm³/mol. The highest BCUT2D eigenvalue weighted by molar-refractivity contribution is 7.80. The van der Waals surface area contributed by atoms with E-state index in [9.17, 15) is 4.39 Å². The van der Waals surface area contributed by atoms with E-state index in [1.54, 1.807) is 19.2 Å². The first-order valence-electron chi connectivity index (χ1n) is 10.0. The molecule has 3 nitrogen and oxygen atoms in total. The Balaban J connectivity index is 1.86. The van der Waals surface area contributed by atoms with Gasteiger partial charge in [0.05, 0.1) is 7.11 Å². The van der Waals surface area contributed by atoms with Gasteiger partial charge in [-0.2, -0.15) is 0 Å². The topological polar surface area (TPSA) is 24.5 Å². The highest BCUT2D eigenvalue weighted by atomic mass is 32.1. The average molecular weight is 423 g/mol. The van der Waals surface area contributed by atoms with E-state index >= 15 is 0 Å². The second-order valence-corrected chi connectivity index (χ2v) is 7.61. The van der Waals surface area contributed by atoms with Gasteiger partial charge < -0.3 is 15.0 Å². The number of halogens is 1. The molecule has 0 aliphatic rings. The first-order chi connectivity index (χ1) is 14.5. The van der Waals surface area contributed by atoms with E-state index in [4.69, 9.17) is 17.0 Å². The molecule has 0 aliphatic heterocycles. The number of thiocarbonyl (C=S) groups is 1. The van der Waals surface area contributed by atoms with E-state index in [2.05, 4.69) is 42.3 Å². The Bertz CT molecular complexity index is 1000. The summed E-state index contributed by atoms with van der Waals surface area (Å²) in [4.78, 5) is 2.05. The number of ether oxygens (including phenoxy) is 1. The minimum absolute atomic E-state index is 0.247. The van der Waals surface area contributed by atoms with Gasteiger partial charge in [0.15, 0.2) is 5.11 Å². The van der Waals surface area contributed by atoms with Crippen molar-refractivity contribution in [1.29, 1.82) is 0 Å².